The lowest BCUT2D eigenvalue weighted by Crippen LogP contribution is -2.39. The van der Waals surface area contributed by atoms with Crippen LogP contribution >= 0.6 is 12.4 Å². The van der Waals surface area contributed by atoms with Crippen LogP contribution in [0.2, 0.25) is 0 Å². The zero-order chi connectivity index (χ0) is 14.9. The molecule has 1 amide bonds. The molecule has 0 aromatic heterocycles. The van der Waals surface area contributed by atoms with Crippen LogP contribution in [0.4, 0.5) is 0 Å². The van der Waals surface area contributed by atoms with Gasteiger partial charge in [-0.3, -0.25) is 4.79 Å². The highest BCUT2D eigenvalue weighted by Gasteiger charge is 2.21. The molecule has 0 bridgehead atoms. The predicted molar refractivity (Wildman–Crippen MR) is 88.5 cm³/mol. The zero-order valence-electron chi connectivity index (χ0n) is 13.0. The Morgan fingerprint density at radius 1 is 1.41 bits per heavy atom. The van der Waals surface area contributed by atoms with Crippen LogP contribution < -0.4 is 15.4 Å². The van der Waals surface area contributed by atoms with Gasteiger partial charge in [-0.15, -0.1) is 12.4 Å². The molecule has 1 aromatic rings. The standard InChI is InChI=1S/C16H24N2O3.ClH/c1-20-9-4-10-21-14-6-2-5-13(11-14)12-18-16(19)15-7-3-8-17-15;/h2,5-6,11,15,17H,3-4,7-10,12H2,1H3,(H,18,19);1H. The molecule has 0 aliphatic carbocycles. The first kappa shape index (κ1) is 18.7. The highest BCUT2D eigenvalue weighted by molar-refractivity contribution is 5.85. The Kier molecular flexibility index (Phi) is 8.89. The Morgan fingerprint density at radius 2 is 2.27 bits per heavy atom. The SMILES string of the molecule is COCCCOc1cccc(CNC(=O)C2CCCN2)c1.Cl. The minimum absolute atomic E-state index is 0. The number of carbonyl (C=O) groups excluding carboxylic acids is 1. The fraction of sp³-hybridized carbons (Fsp3) is 0.562. The minimum Gasteiger partial charge on any atom is -0.493 e. The quantitative estimate of drug-likeness (QED) is 0.716. The molecule has 1 aliphatic rings. The van der Waals surface area contributed by atoms with Crippen LogP contribution in [0.15, 0.2) is 24.3 Å². The van der Waals surface area contributed by atoms with E-state index in [0.29, 0.717) is 19.8 Å². The number of hydrogen-bond donors (Lipinski definition) is 2. The molecule has 2 N–H and O–H groups in total. The van der Waals surface area contributed by atoms with Crippen molar-refractivity contribution in [2.24, 2.45) is 0 Å². The van der Waals surface area contributed by atoms with Gasteiger partial charge in [0.05, 0.1) is 12.6 Å². The van der Waals surface area contributed by atoms with Crippen LogP contribution in [0.5, 0.6) is 5.75 Å². The van der Waals surface area contributed by atoms with Gasteiger partial charge in [-0.2, -0.15) is 0 Å². The van der Waals surface area contributed by atoms with Gasteiger partial charge in [-0.1, -0.05) is 12.1 Å². The Morgan fingerprint density at radius 3 is 3.00 bits per heavy atom. The lowest BCUT2D eigenvalue weighted by atomic mass is 10.2. The van der Waals surface area contributed by atoms with E-state index in [4.69, 9.17) is 9.47 Å². The lowest BCUT2D eigenvalue weighted by molar-refractivity contribution is -0.122. The molecule has 0 spiro atoms. The van der Waals surface area contributed by atoms with E-state index in [0.717, 1.165) is 37.1 Å². The maximum atomic E-state index is 11.9. The monoisotopic (exact) mass is 328 g/mol. The highest BCUT2D eigenvalue weighted by Crippen LogP contribution is 2.14. The van der Waals surface area contributed by atoms with E-state index < -0.39 is 0 Å². The van der Waals surface area contributed by atoms with E-state index >= 15 is 0 Å². The summed E-state index contributed by atoms with van der Waals surface area (Å²) in [6.45, 7) is 2.80. The van der Waals surface area contributed by atoms with E-state index in [2.05, 4.69) is 10.6 Å². The van der Waals surface area contributed by atoms with E-state index in [1.807, 2.05) is 24.3 Å². The second kappa shape index (κ2) is 10.4. The van der Waals surface area contributed by atoms with Crippen molar-refractivity contribution in [2.45, 2.75) is 31.8 Å². The summed E-state index contributed by atoms with van der Waals surface area (Å²) >= 11 is 0. The molecule has 1 aromatic carbocycles. The van der Waals surface area contributed by atoms with Crippen molar-refractivity contribution in [3.05, 3.63) is 29.8 Å². The number of benzene rings is 1. The fourth-order valence-corrected chi connectivity index (χ4v) is 2.36. The van der Waals surface area contributed by atoms with E-state index in [9.17, 15) is 4.79 Å². The van der Waals surface area contributed by atoms with Crippen molar-refractivity contribution in [1.82, 2.24) is 10.6 Å². The van der Waals surface area contributed by atoms with Gasteiger partial charge in [0.1, 0.15) is 5.75 Å². The molecular weight excluding hydrogens is 304 g/mol. The molecule has 0 saturated carbocycles. The van der Waals surface area contributed by atoms with E-state index in [1.165, 1.54) is 0 Å². The summed E-state index contributed by atoms with van der Waals surface area (Å²) in [6.07, 6.45) is 2.86. The van der Waals surface area contributed by atoms with Gasteiger partial charge in [0, 0.05) is 26.7 Å². The molecule has 1 saturated heterocycles. The number of nitrogens with one attached hydrogen (secondary N) is 2. The molecule has 22 heavy (non-hydrogen) atoms. The van der Waals surface area contributed by atoms with Crippen LogP contribution in [0, 0.1) is 0 Å². The molecule has 1 unspecified atom stereocenters. The predicted octanol–water partition coefficient (Wildman–Crippen LogP) is 1.89. The summed E-state index contributed by atoms with van der Waals surface area (Å²) in [5.41, 5.74) is 1.05. The summed E-state index contributed by atoms with van der Waals surface area (Å²) in [5.74, 6) is 0.913. The lowest BCUT2D eigenvalue weighted by Gasteiger charge is -2.12. The van der Waals surface area contributed by atoms with Gasteiger partial charge in [0.15, 0.2) is 0 Å². The van der Waals surface area contributed by atoms with Crippen LogP contribution in [-0.4, -0.2) is 38.8 Å². The average molecular weight is 329 g/mol. The fourth-order valence-electron chi connectivity index (χ4n) is 2.36. The Bertz CT molecular complexity index is 451. The zero-order valence-corrected chi connectivity index (χ0v) is 13.8. The Hall–Kier alpha value is -1.30. The van der Waals surface area contributed by atoms with Gasteiger partial charge in [-0.05, 0) is 37.1 Å². The Labute approximate surface area is 138 Å². The van der Waals surface area contributed by atoms with Crippen molar-refractivity contribution < 1.29 is 14.3 Å². The third-order valence-corrected chi connectivity index (χ3v) is 3.50. The van der Waals surface area contributed by atoms with E-state index in [1.54, 1.807) is 7.11 Å². The van der Waals surface area contributed by atoms with Gasteiger partial charge in [0.2, 0.25) is 5.91 Å². The summed E-state index contributed by atoms with van der Waals surface area (Å²) in [7, 11) is 1.68. The number of carbonyl (C=O) groups is 1. The second-order valence-corrected chi connectivity index (χ2v) is 5.21. The summed E-state index contributed by atoms with van der Waals surface area (Å²) in [6, 6.07) is 7.80. The number of ether oxygens (including phenoxy) is 2. The van der Waals surface area contributed by atoms with Gasteiger partial charge >= 0.3 is 0 Å². The molecule has 124 valence electrons. The molecule has 6 heteroatoms. The maximum Gasteiger partial charge on any atom is 0.237 e. The van der Waals surface area contributed by atoms with Crippen molar-refractivity contribution in [3.63, 3.8) is 0 Å². The van der Waals surface area contributed by atoms with Crippen molar-refractivity contribution in [3.8, 4) is 5.75 Å². The Balaban J connectivity index is 0.00000242. The van der Waals surface area contributed by atoms with Crippen LogP contribution in [-0.2, 0) is 16.1 Å². The molecular formula is C16H25ClN2O3. The molecule has 1 aliphatic heterocycles. The molecule has 1 heterocycles. The first-order valence-corrected chi connectivity index (χ1v) is 7.51. The van der Waals surface area contributed by atoms with Crippen LogP contribution in [0.25, 0.3) is 0 Å². The summed E-state index contributed by atoms with van der Waals surface area (Å²) in [4.78, 5) is 11.9. The van der Waals surface area contributed by atoms with Crippen molar-refractivity contribution >= 4 is 18.3 Å². The molecule has 5 nitrogen and oxygen atoms in total. The third kappa shape index (κ3) is 6.22. The number of methoxy groups -OCH3 is 1. The van der Waals surface area contributed by atoms with Crippen molar-refractivity contribution in [1.29, 1.82) is 0 Å². The topological polar surface area (TPSA) is 59.6 Å². The number of halogens is 1. The molecule has 1 atom stereocenters. The van der Waals surface area contributed by atoms with Gasteiger partial charge < -0.3 is 20.1 Å². The minimum atomic E-state index is -0.0292. The smallest absolute Gasteiger partial charge is 0.237 e. The second-order valence-electron chi connectivity index (χ2n) is 5.21. The third-order valence-electron chi connectivity index (χ3n) is 3.50. The van der Waals surface area contributed by atoms with Gasteiger partial charge in [0.25, 0.3) is 0 Å². The van der Waals surface area contributed by atoms with Crippen molar-refractivity contribution in [2.75, 3.05) is 26.9 Å². The van der Waals surface area contributed by atoms with Gasteiger partial charge in [-0.25, -0.2) is 0 Å². The first-order valence-electron chi connectivity index (χ1n) is 7.51. The average Bonchev–Trinajstić information content (AvgIpc) is 3.04. The molecule has 1 fully saturated rings. The molecule has 2 rings (SSSR count). The van der Waals surface area contributed by atoms with Crippen LogP contribution in [0.3, 0.4) is 0 Å². The summed E-state index contributed by atoms with van der Waals surface area (Å²) < 4.78 is 10.6. The largest absolute Gasteiger partial charge is 0.493 e. The molecule has 0 radical (unpaired) electrons. The van der Waals surface area contributed by atoms with E-state index in [-0.39, 0.29) is 24.4 Å². The maximum absolute atomic E-state index is 11.9. The highest BCUT2D eigenvalue weighted by atomic mass is 35.5. The van der Waals surface area contributed by atoms with Crippen LogP contribution in [0.1, 0.15) is 24.8 Å². The summed E-state index contributed by atoms with van der Waals surface area (Å²) in [5, 5.41) is 6.16. The number of rotatable bonds is 8. The first-order chi connectivity index (χ1) is 10.3. The number of amides is 1. The normalized spacial score (nSPS) is 16.9. The number of hydrogen-bond acceptors (Lipinski definition) is 4.